The zero-order chi connectivity index (χ0) is 10.7. The Bertz CT molecular complexity index is 306. The van der Waals surface area contributed by atoms with E-state index in [2.05, 4.69) is 5.32 Å². The van der Waals surface area contributed by atoms with Crippen LogP contribution in [0, 0.1) is 0 Å². The van der Waals surface area contributed by atoms with Gasteiger partial charge >= 0.3 is 0 Å². The molecule has 1 heterocycles. The van der Waals surface area contributed by atoms with Crippen LogP contribution in [0.25, 0.3) is 0 Å². The Balaban J connectivity index is 2.28. The molecule has 0 amide bonds. The highest BCUT2D eigenvalue weighted by molar-refractivity contribution is 5.24. The van der Waals surface area contributed by atoms with Crippen LogP contribution in [0.4, 0.5) is 0 Å². The Morgan fingerprint density at radius 2 is 2.13 bits per heavy atom. The van der Waals surface area contributed by atoms with Crippen molar-refractivity contribution in [3.63, 3.8) is 0 Å². The summed E-state index contributed by atoms with van der Waals surface area (Å²) in [5, 5.41) is 14.1. The molecule has 0 spiro atoms. The molecular weight excluding hydrogens is 186 g/mol. The summed E-state index contributed by atoms with van der Waals surface area (Å²) in [6, 6.07) is 10.2. The Kier molecular flexibility index (Phi) is 3.08. The second-order valence-corrected chi connectivity index (χ2v) is 4.29. The lowest BCUT2D eigenvalue weighted by atomic mass is 9.83. The maximum absolute atomic E-state index is 10.7. The first kappa shape index (κ1) is 10.7. The van der Waals surface area contributed by atoms with Gasteiger partial charge in [0.1, 0.15) is 5.60 Å². The van der Waals surface area contributed by atoms with Gasteiger partial charge in [-0.3, -0.25) is 0 Å². The molecule has 0 bridgehead atoms. The molecule has 2 N–H and O–H groups in total. The van der Waals surface area contributed by atoms with E-state index < -0.39 is 5.60 Å². The molecule has 1 saturated heterocycles. The maximum atomic E-state index is 10.7. The highest BCUT2D eigenvalue weighted by Gasteiger charge is 2.37. The van der Waals surface area contributed by atoms with Gasteiger partial charge in [0, 0.05) is 6.04 Å². The lowest BCUT2D eigenvalue weighted by Gasteiger charge is -2.33. The topological polar surface area (TPSA) is 32.3 Å². The molecular formula is C13H19NO. The van der Waals surface area contributed by atoms with Gasteiger partial charge in [0.05, 0.1) is 0 Å². The average molecular weight is 205 g/mol. The minimum absolute atomic E-state index is 0.213. The molecule has 2 nitrogen and oxygen atoms in total. The smallest absolute Gasteiger partial charge is 0.105 e. The third kappa shape index (κ3) is 1.92. The number of aliphatic hydroxyl groups is 1. The third-order valence-electron chi connectivity index (χ3n) is 3.45. The summed E-state index contributed by atoms with van der Waals surface area (Å²) < 4.78 is 0. The molecule has 2 rings (SSSR count). The van der Waals surface area contributed by atoms with E-state index in [1.165, 1.54) is 6.42 Å². The highest BCUT2D eigenvalue weighted by atomic mass is 16.3. The first-order valence-corrected chi connectivity index (χ1v) is 5.78. The highest BCUT2D eigenvalue weighted by Crippen LogP contribution is 2.32. The molecule has 2 unspecified atom stereocenters. The predicted octanol–water partition coefficient (Wildman–Crippen LogP) is 2.04. The van der Waals surface area contributed by atoms with Crippen LogP contribution < -0.4 is 5.32 Å². The molecule has 82 valence electrons. The van der Waals surface area contributed by atoms with Crippen LogP contribution in [-0.4, -0.2) is 17.7 Å². The minimum Gasteiger partial charge on any atom is -0.384 e. The predicted molar refractivity (Wildman–Crippen MR) is 61.7 cm³/mol. The van der Waals surface area contributed by atoms with Gasteiger partial charge in [0.25, 0.3) is 0 Å². The van der Waals surface area contributed by atoms with Crippen molar-refractivity contribution in [2.45, 2.75) is 37.8 Å². The molecule has 1 fully saturated rings. The van der Waals surface area contributed by atoms with E-state index in [-0.39, 0.29) is 6.04 Å². The fourth-order valence-electron chi connectivity index (χ4n) is 2.47. The Morgan fingerprint density at radius 3 is 2.67 bits per heavy atom. The largest absolute Gasteiger partial charge is 0.384 e. The molecule has 1 aromatic rings. The third-order valence-corrected chi connectivity index (χ3v) is 3.45. The summed E-state index contributed by atoms with van der Waals surface area (Å²) >= 11 is 0. The van der Waals surface area contributed by atoms with Gasteiger partial charge in [-0.25, -0.2) is 0 Å². The van der Waals surface area contributed by atoms with Gasteiger partial charge in [-0.15, -0.1) is 0 Å². The quantitative estimate of drug-likeness (QED) is 0.791. The molecule has 2 heteroatoms. The van der Waals surface area contributed by atoms with E-state index in [9.17, 15) is 5.11 Å². The van der Waals surface area contributed by atoms with Gasteiger partial charge in [-0.2, -0.15) is 0 Å². The van der Waals surface area contributed by atoms with Crippen LogP contribution in [-0.2, 0) is 5.60 Å². The van der Waals surface area contributed by atoms with Gasteiger partial charge in [0.2, 0.25) is 0 Å². The molecule has 1 aromatic carbocycles. The molecule has 0 aromatic heterocycles. The van der Waals surface area contributed by atoms with Gasteiger partial charge in [-0.1, -0.05) is 37.3 Å². The SMILES string of the molecule is CCC(O)(c1ccccc1)C1CCCN1. The van der Waals surface area contributed by atoms with Crippen molar-refractivity contribution in [2.24, 2.45) is 0 Å². The second kappa shape index (κ2) is 4.33. The maximum Gasteiger partial charge on any atom is 0.105 e. The normalized spacial score (nSPS) is 25.1. The van der Waals surface area contributed by atoms with E-state index in [4.69, 9.17) is 0 Å². The van der Waals surface area contributed by atoms with Crippen molar-refractivity contribution in [2.75, 3.05) is 6.54 Å². The Hall–Kier alpha value is -0.860. The van der Waals surface area contributed by atoms with Crippen LogP contribution in [0.2, 0.25) is 0 Å². The van der Waals surface area contributed by atoms with Gasteiger partial charge in [0.15, 0.2) is 0 Å². The monoisotopic (exact) mass is 205 g/mol. The van der Waals surface area contributed by atoms with Crippen LogP contribution in [0.15, 0.2) is 30.3 Å². The molecule has 0 radical (unpaired) electrons. The second-order valence-electron chi connectivity index (χ2n) is 4.29. The average Bonchev–Trinajstić information content (AvgIpc) is 2.83. The first-order chi connectivity index (χ1) is 7.27. The van der Waals surface area contributed by atoms with Crippen LogP contribution in [0.1, 0.15) is 31.7 Å². The Labute approximate surface area is 91.3 Å². The number of nitrogens with one attached hydrogen (secondary N) is 1. The summed E-state index contributed by atoms with van der Waals surface area (Å²) in [6.07, 6.45) is 2.99. The van der Waals surface area contributed by atoms with Crippen molar-refractivity contribution >= 4 is 0 Å². The van der Waals surface area contributed by atoms with E-state index in [0.717, 1.165) is 24.9 Å². The minimum atomic E-state index is -0.697. The molecule has 1 aliphatic heterocycles. The summed E-state index contributed by atoms with van der Waals surface area (Å²) in [4.78, 5) is 0. The molecule has 0 aliphatic carbocycles. The van der Waals surface area contributed by atoms with Crippen molar-refractivity contribution in [3.8, 4) is 0 Å². The number of benzene rings is 1. The number of rotatable bonds is 3. The van der Waals surface area contributed by atoms with E-state index in [0.29, 0.717) is 0 Å². The van der Waals surface area contributed by atoms with Crippen LogP contribution >= 0.6 is 0 Å². The van der Waals surface area contributed by atoms with Crippen molar-refractivity contribution in [1.82, 2.24) is 5.32 Å². The molecule has 2 atom stereocenters. The van der Waals surface area contributed by atoms with E-state index in [1.54, 1.807) is 0 Å². The zero-order valence-corrected chi connectivity index (χ0v) is 9.24. The summed E-state index contributed by atoms with van der Waals surface area (Å²) in [5.74, 6) is 0. The van der Waals surface area contributed by atoms with Crippen molar-refractivity contribution in [3.05, 3.63) is 35.9 Å². The summed E-state index contributed by atoms with van der Waals surface area (Å²) in [7, 11) is 0. The van der Waals surface area contributed by atoms with Gasteiger partial charge in [-0.05, 0) is 31.4 Å². The fraction of sp³-hybridized carbons (Fsp3) is 0.538. The standard InChI is InChI=1S/C13H19NO/c1-2-13(15,12-9-6-10-14-12)11-7-4-3-5-8-11/h3-5,7-8,12,14-15H,2,6,9-10H2,1H3. The summed E-state index contributed by atoms with van der Waals surface area (Å²) in [5.41, 5.74) is 0.338. The van der Waals surface area contributed by atoms with Crippen molar-refractivity contribution in [1.29, 1.82) is 0 Å². The molecule has 1 aliphatic rings. The van der Waals surface area contributed by atoms with Crippen molar-refractivity contribution < 1.29 is 5.11 Å². The zero-order valence-electron chi connectivity index (χ0n) is 9.24. The number of hydrogen-bond donors (Lipinski definition) is 2. The molecule has 0 saturated carbocycles. The lowest BCUT2D eigenvalue weighted by Crippen LogP contribution is -2.44. The Morgan fingerprint density at radius 1 is 1.40 bits per heavy atom. The van der Waals surface area contributed by atoms with E-state index in [1.807, 2.05) is 37.3 Å². The first-order valence-electron chi connectivity index (χ1n) is 5.78. The van der Waals surface area contributed by atoms with Crippen LogP contribution in [0.3, 0.4) is 0 Å². The van der Waals surface area contributed by atoms with Crippen LogP contribution in [0.5, 0.6) is 0 Å². The fourth-order valence-corrected chi connectivity index (χ4v) is 2.47. The summed E-state index contributed by atoms with van der Waals surface area (Å²) in [6.45, 7) is 3.08. The van der Waals surface area contributed by atoms with Gasteiger partial charge < -0.3 is 10.4 Å². The lowest BCUT2D eigenvalue weighted by molar-refractivity contribution is -0.00117. The molecule has 15 heavy (non-hydrogen) atoms. The number of hydrogen-bond acceptors (Lipinski definition) is 2. The van der Waals surface area contributed by atoms with E-state index >= 15 is 0 Å².